The maximum absolute atomic E-state index is 5.56. The predicted octanol–water partition coefficient (Wildman–Crippen LogP) is 5.21. The van der Waals surface area contributed by atoms with Crippen molar-refractivity contribution in [3.05, 3.63) is 91.3 Å². The van der Waals surface area contributed by atoms with Gasteiger partial charge in [0.05, 0.1) is 7.11 Å². The Balaban J connectivity index is 1.80. The molecule has 0 radical (unpaired) electrons. The molecule has 0 unspecified atom stereocenters. The van der Waals surface area contributed by atoms with Gasteiger partial charge < -0.3 is 4.74 Å². The molecule has 0 fully saturated rings. The van der Waals surface area contributed by atoms with Crippen molar-refractivity contribution in [3.8, 4) is 33.7 Å². The van der Waals surface area contributed by atoms with E-state index in [4.69, 9.17) is 4.74 Å². The van der Waals surface area contributed by atoms with Gasteiger partial charge in [-0.05, 0) is 28.8 Å². The molecule has 0 bridgehead atoms. The van der Waals surface area contributed by atoms with Crippen LogP contribution in [0.5, 0.6) is 5.75 Å². The Morgan fingerprint density at radius 2 is 1.44 bits per heavy atom. The quantitative estimate of drug-likeness (QED) is 0.514. The smallest absolute Gasteiger partial charge is 0.145 e. The van der Waals surface area contributed by atoms with Crippen LogP contribution >= 0.6 is 0 Å². The molecule has 0 N–H and O–H groups in total. The van der Waals surface area contributed by atoms with E-state index in [2.05, 4.69) is 59.7 Å². The number of benzene rings is 3. The molecular weight excluding hydrogens is 308 g/mol. The van der Waals surface area contributed by atoms with Crippen molar-refractivity contribution in [1.29, 1.82) is 0 Å². The molecular formula is C22H18N2O. The fourth-order valence-electron chi connectivity index (χ4n) is 3.03. The highest BCUT2D eigenvalue weighted by Gasteiger charge is 2.13. The van der Waals surface area contributed by atoms with Gasteiger partial charge in [0.25, 0.3) is 0 Å². The minimum Gasteiger partial charge on any atom is -0.494 e. The molecule has 3 heteroatoms. The van der Waals surface area contributed by atoms with E-state index in [9.17, 15) is 0 Å². The summed E-state index contributed by atoms with van der Waals surface area (Å²) in [5.74, 6) is 0.799. The van der Waals surface area contributed by atoms with Gasteiger partial charge in [0, 0.05) is 18.0 Å². The maximum Gasteiger partial charge on any atom is 0.145 e. The van der Waals surface area contributed by atoms with Crippen LogP contribution in [0.1, 0.15) is 0 Å². The standard InChI is InChI=1S/C22H18N2O/c1-25-21-10-5-9-20(22(21)24-16-6-15-23-24)19-13-11-18(12-14-19)17-7-3-2-4-8-17/h2-16H,1H3. The van der Waals surface area contributed by atoms with Gasteiger partial charge >= 0.3 is 0 Å². The zero-order valence-electron chi connectivity index (χ0n) is 14.0. The molecule has 0 atom stereocenters. The summed E-state index contributed by atoms with van der Waals surface area (Å²) in [6, 6.07) is 26.9. The SMILES string of the molecule is COc1cccc(-c2ccc(-c3ccccc3)cc2)c1-n1cccn1. The van der Waals surface area contributed by atoms with Crippen molar-refractivity contribution in [2.45, 2.75) is 0 Å². The van der Waals surface area contributed by atoms with E-state index >= 15 is 0 Å². The molecule has 122 valence electrons. The van der Waals surface area contributed by atoms with Crippen LogP contribution in [0.2, 0.25) is 0 Å². The Morgan fingerprint density at radius 1 is 0.720 bits per heavy atom. The van der Waals surface area contributed by atoms with Gasteiger partial charge in [-0.15, -0.1) is 0 Å². The summed E-state index contributed by atoms with van der Waals surface area (Å²) in [6.45, 7) is 0. The molecule has 4 aromatic rings. The lowest BCUT2D eigenvalue weighted by Crippen LogP contribution is -2.01. The molecule has 3 nitrogen and oxygen atoms in total. The molecule has 1 aromatic heterocycles. The maximum atomic E-state index is 5.56. The molecule has 0 aliphatic rings. The number of aromatic nitrogens is 2. The minimum atomic E-state index is 0.799. The minimum absolute atomic E-state index is 0.799. The van der Waals surface area contributed by atoms with Crippen molar-refractivity contribution in [3.63, 3.8) is 0 Å². The largest absolute Gasteiger partial charge is 0.494 e. The summed E-state index contributed by atoms with van der Waals surface area (Å²) in [7, 11) is 1.69. The van der Waals surface area contributed by atoms with Crippen LogP contribution in [0.25, 0.3) is 27.9 Å². The summed E-state index contributed by atoms with van der Waals surface area (Å²) < 4.78 is 7.41. The van der Waals surface area contributed by atoms with Crippen LogP contribution in [0.4, 0.5) is 0 Å². The Bertz CT molecular complexity index is 959. The van der Waals surface area contributed by atoms with E-state index in [-0.39, 0.29) is 0 Å². The molecule has 25 heavy (non-hydrogen) atoms. The fraction of sp³-hybridized carbons (Fsp3) is 0.0455. The Labute approximate surface area is 147 Å². The monoisotopic (exact) mass is 326 g/mol. The Hall–Kier alpha value is -3.33. The van der Waals surface area contributed by atoms with Gasteiger partial charge in [0.15, 0.2) is 0 Å². The Morgan fingerprint density at radius 3 is 2.12 bits per heavy atom. The van der Waals surface area contributed by atoms with Crippen molar-refractivity contribution in [2.75, 3.05) is 7.11 Å². The molecule has 3 aromatic carbocycles. The van der Waals surface area contributed by atoms with Gasteiger partial charge in [0.1, 0.15) is 11.4 Å². The number of hydrogen-bond acceptors (Lipinski definition) is 2. The predicted molar refractivity (Wildman–Crippen MR) is 101 cm³/mol. The number of hydrogen-bond donors (Lipinski definition) is 0. The number of rotatable bonds is 4. The average Bonchev–Trinajstić information content (AvgIpc) is 3.22. The third kappa shape index (κ3) is 2.92. The fourth-order valence-corrected chi connectivity index (χ4v) is 3.03. The Kier molecular flexibility index (Phi) is 4.05. The van der Waals surface area contributed by atoms with Gasteiger partial charge in [-0.25, -0.2) is 4.68 Å². The number of nitrogens with zero attached hydrogens (tertiary/aromatic N) is 2. The molecule has 0 aliphatic heterocycles. The molecule has 0 saturated heterocycles. The first-order chi connectivity index (χ1) is 12.4. The first-order valence-corrected chi connectivity index (χ1v) is 8.20. The lowest BCUT2D eigenvalue weighted by atomic mass is 9.99. The van der Waals surface area contributed by atoms with Crippen LogP contribution in [0.15, 0.2) is 91.3 Å². The van der Waals surface area contributed by atoms with Crippen molar-refractivity contribution in [1.82, 2.24) is 9.78 Å². The second-order valence-electron chi connectivity index (χ2n) is 5.75. The van der Waals surface area contributed by atoms with E-state index in [1.165, 1.54) is 11.1 Å². The summed E-state index contributed by atoms with van der Waals surface area (Å²) in [6.07, 6.45) is 3.70. The highest BCUT2D eigenvalue weighted by atomic mass is 16.5. The summed E-state index contributed by atoms with van der Waals surface area (Å²) in [4.78, 5) is 0. The highest BCUT2D eigenvalue weighted by molar-refractivity contribution is 5.78. The summed E-state index contributed by atoms with van der Waals surface area (Å²) in [5, 5.41) is 4.38. The second kappa shape index (κ2) is 6.65. The van der Waals surface area contributed by atoms with E-state index in [0.29, 0.717) is 0 Å². The summed E-state index contributed by atoms with van der Waals surface area (Å²) >= 11 is 0. The zero-order chi connectivity index (χ0) is 17.1. The summed E-state index contributed by atoms with van der Waals surface area (Å²) in [5.41, 5.74) is 5.58. The van der Waals surface area contributed by atoms with Crippen LogP contribution in [0.3, 0.4) is 0 Å². The highest BCUT2D eigenvalue weighted by Crippen LogP contribution is 2.34. The third-order valence-corrected chi connectivity index (χ3v) is 4.26. The molecule has 0 spiro atoms. The number of methoxy groups -OCH3 is 1. The molecule has 1 heterocycles. The first-order valence-electron chi connectivity index (χ1n) is 8.20. The van der Waals surface area contributed by atoms with Gasteiger partial charge in [-0.1, -0.05) is 66.7 Å². The van der Waals surface area contributed by atoms with Crippen LogP contribution in [0, 0.1) is 0 Å². The number of para-hydroxylation sites is 1. The third-order valence-electron chi connectivity index (χ3n) is 4.26. The van der Waals surface area contributed by atoms with E-state index in [0.717, 1.165) is 22.6 Å². The lowest BCUT2D eigenvalue weighted by Gasteiger charge is -2.14. The average molecular weight is 326 g/mol. The lowest BCUT2D eigenvalue weighted by molar-refractivity contribution is 0.412. The van der Waals surface area contributed by atoms with Crippen molar-refractivity contribution >= 4 is 0 Å². The van der Waals surface area contributed by atoms with E-state index < -0.39 is 0 Å². The van der Waals surface area contributed by atoms with E-state index in [1.54, 1.807) is 13.3 Å². The van der Waals surface area contributed by atoms with Crippen LogP contribution in [-0.4, -0.2) is 16.9 Å². The molecule has 0 saturated carbocycles. The second-order valence-corrected chi connectivity index (χ2v) is 5.75. The van der Waals surface area contributed by atoms with Crippen LogP contribution in [-0.2, 0) is 0 Å². The van der Waals surface area contributed by atoms with Crippen molar-refractivity contribution < 1.29 is 4.74 Å². The topological polar surface area (TPSA) is 27.1 Å². The van der Waals surface area contributed by atoms with Gasteiger partial charge in [-0.2, -0.15) is 5.10 Å². The van der Waals surface area contributed by atoms with Crippen LogP contribution < -0.4 is 4.74 Å². The normalized spacial score (nSPS) is 10.6. The molecule has 0 aliphatic carbocycles. The first kappa shape index (κ1) is 15.2. The number of ether oxygens (including phenoxy) is 1. The van der Waals surface area contributed by atoms with Gasteiger partial charge in [0.2, 0.25) is 0 Å². The van der Waals surface area contributed by atoms with E-state index in [1.807, 2.05) is 35.1 Å². The molecule has 4 rings (SSSR count). The van der Waals surface area contributed by atoms with Gasteiger partial charge in [-0.3, -0.25) is 0 Å². The zero-order valence-corrected chi connectivity index (χ0v) is 14.0. The van der Waals surface area contributed by atoms with Crippen molar-refractivity contribution in [2.24, 2.45) is 0 Å². The molecule has 0 amide bonds.